The maximum Gasteiger partial charge on any atom is 0.286 e. The van der Waals surface area contributed by atoms with E-state index in [0.29, 0.717) is 11.5 Å². The molecular weight excluding hydrogens is 328 g/mol. The van der Waals surface area contributed by atoms with Crippen LogP contribution in [0.2, 0.25) is 0 Å². The van der Waals surface area contributed by atoms with E-state index in [4.69, 9.17) is 10.5 Å². The molecule has 0 fully saturated rings. The molecule has 98 valence electrons. The highest BCUT2D eigenvalue weighted by molar-refractivity contribution is 9.10. The first-order chi connectivity index (χ1) is 9.10. The standard InChI is InChI=1S/C13H11BrN2O2S/c1-2-5-18-10-4-3-8(6-9(10)14)7-11-12(17)16-13(15)19-11/h2-4,6-7H,1,5H2,(H2,15,16,17)/b11-7-. The minimum Gasteiger partial charge on any atom is -0.488 e. The average molecular weight is 339 g/mol. The van der Waals surface area contributed by atoms with Crippen LogP contribution in [0.4, 0.5) is 0 Å². The Balaban J connectivity index is 2.19. The van der Waals surface area contributed by atoms with E-state index in [0.717, 1.165) is 15.8 Å². The van der Waals surface area contributed by atoms with Crippen molar-refractivity contribution in [2.24, 2.45) is 10.7 Å². The average Bonchev–Trinajstić information content (AvgIpc) is 2.67. The van der Waals surface area contributed by atoms with E-state index in [2.05, 4.69) is 27.5 Å². The normalized spacial score (nSPS) is 16.6. The number of hydrogen-bond acceptors (Lipinski definition) is 4. The minimum atomic E-state index is -0.300. The van der Waals surface area contributed by atoms with Crippen LogP contribution in [0.25, 0.3) is 6.08 Å². The maximum absolute atomic E-state index is 11.5. The molecule has 0 radical (unpaired) electrons. The molecule has 1 aliphatic rings. The second kappa shape index (κ2) is 6.08. The van der Waals surface area contributed by atoms with Crippen LogP contribution < -0.4 is 10.5 Å². The van der Waals surface area contributed by atoms with Gasteiger partial charge in [0.1, 0.15) is 12.4 Å². The largest absolute Gasteiger partial charge is 0.488 e. The Morgan fingerprint density at radius 2 is 2.32 bits per heavy atom. The van der Waals surface area contributed by atoms with E-state index in [1.807, 2.05) is 18.2 Å². The summed E-state index contributed by atoms with van der Waals surface area (Å²) in [6.07, 6.45) is 3.43. The summed E-state index contributed by atoms with van der Waals surface area (Å²) in [4.78, 5) is 15.6. The fourth-order valence-corrected chi connectivity index (χ4v) is 2.64. The molecule has 1 amide bonds. The molecule has 0 spiro atoms. The highest BCUT2D eigenvalue weighted by Gasteiger charge is 2.19. The summed E-state index contributed by atoms with van der Waals surface area (Å²) in [5.41, 5.74) is 6.36. The van der Waals surface area contributed by atoms with Crippen LogP contribution >= 0.6 is 27.7 Å². The Hall–Kier alpha value is -1.53. The Kier molecular flexibility index (Phi) is 4.44. The number of rotatable bonds is 4. The summed E-state index contributed by atoms with van der Waals surface area (Å²) in [5, 5.41) is 0.279. The molecule has 19 heavy (non-hydrogen) atoms. The van der Waals surface area contributed by atoms with E-state index in [1.165, 1.54) is 11.8 Å². The molecule has 4 nitrogen and oxygen atoms in total. The predicted molar refractivity (Wildman–Crippen MR) is 82.0 cm³/mol. The third kappa shape index (κ3) is 3.48. The number of carbonyl (C=O) groups excluding carboxylic acids is 1. The van der Waals surface area contributed by atoms with Gasteiger partial charge in [0.15, 0.2) is 5.17 Å². The molecule has 0 saturated heterocycles. The van der Waals surface area contributed by atoms with Crippen molar-refractivity contribution in [3.8, 4) is 5.75 Å². The highest BCUT2D eigenvalue weighted by atomic mass is 79.9. The lowest BCUT2D eigenvalue weighted by molar-refractivity contribution is -0.113. The summed E-state index contributed by atoms with van der Waals surface area (Å²) in [5.74, 6) is 0.425. The Morgan fingerprint density at radius 1 is 1.53 bits per heavy atom. The first-order valence-electron chi connectivity index (χ1n) is 5.41. The van der Waals surface area contributed by atoms with Gasteiger partial charge in [-0.2, -0.15) is 4.99 Å². The van der Waals surface area contributed by atoms with Crippen molar-refractivity contribution in [2.45, 2.75) is 0 Å². The Bertz CT molecular complexity index is 596. The second-order valence-electron chi connectivity index (χ2n) is 3.66. The summed E-state index contributed by atoms with van der Waals surface area (Å²) in [6, 6.07) is 5.56. The van der Waals surface area contributed by atoms with Gasteiger partial charge in [-0.25, -0.2) is 0 Å². The molecule has 2 N–H and O–H groups in total. The number of hydrogen-bond donors (Lipinski definition) is 1. The number of amidine groups is 1. The van der Waals surface area contributed by atoms with Gasteiger partial charge in [-0.05, 0) is 51.5 Å². The zero-order chi connectivity index (χ0) is 13.8. The predicted octanol–water partition coefficient (Wildman–Crippen LogP) is 2.94. The number of nitrogens with two attached hydrogens (primary N) is 1. The van der Waals surface area contributed by atoms with Crippen molar-refractivity contribution >= 4 is 44.8 Å². The molecule has 0 aromatic heterocycles. The van der Waals surface area contributed by atoms with Gasteiger partial charge in [-0.1, -0.05) is 18.7 Å². The fraction of sp³-hybridized carbons (Fsp3) is 0.0769. The molecule has 0 saturated carbocycles. The van der Waals surface area contributed by atoms with Gasteiger partial charge >= 0.3 is 0 Å². The van der Waals surface area contributed by atoms with E-state index in [-0.39, 0.29) is 11.1 Å². The van der Waals surface area contributed by atoms with Gasteiger partial charge in [-0.15, -0.1) is 0 Å². The molecule has 0 aliphatic carbocycles. The molecule has 0 atom stereocenters. The van der Waals surface area contributed by atoms with E-state index >= 15 is 0 Å². The number of thioether (sulfide) groups is 1. The molecule has 0 bridgehead atoms. The van der Waals surface area contributed by atoms with E-state index in [1.54, 1.807) is 12.2 Å². The maximum atomic E-state index is 11.5. The van der Waals surface area contributed by atoms with Crippen molar-refractivity contribution in [1.82, 2.24) is 0 Å². The van der Waals surface area contributed by atoms with E-state index in [9.17, 15) is 4.79 Å². The van der Waals surface area contributed by atoms with Crippen molar-refractivity contribution in [1.29, 1.82) is 0 Å². The zero-order valence-electron chi connectivity index (χ0n) is 9.93. The Labute approximate surface area is 123 Å². The summed E-state index contributed by atoms with van der Waals surface area (Å²) >= 11 is 4.59. The van der Waals surface area contributed by atoms with Crippen molar-refractivity contribution < 1.29 is 9.53 Å². The van der Waals surface area contributed by atoms with Crippen LogP contribution in [-0.4, -0.2) is 17.7 Å². The van der Waals surface area contributed by atoms with Gasteiger partial charge in [0.05, 0.1) is 9.38 Å². The van der Waals surface area contributed by atoms with Gasteiger partial charge in [0.2, 0.25) is 0 Å². The quantitative estimate of drug-likeness (QED) is 0.677. The molecule has 1 heterocycles. The summed E-state index contributed by atoms with van der Waals surface area (Å²) in [7, 11) is 0. The zero-order valence-corrected chi connectivity index (χ0v) is 12.3. The topological polar surface area (TPSA) is 64.7 Å². The van der Waals surface area contributed by atoms with Crippen LogP contribution in [0.15, 0.2) is 45.2 Å². The Morgan fingerprint density at radius 3 is 2.89 bits per heavy atom. The van der Waals surface area contributed by atoms with Crippen molar-refractivity contribution in [3.05, 3.63) is 45.8 Å². The number of benzene rings is 1. The van der Waals surface area contributed by atoms with Crippen molar-refractivity contribution in [2.75, 3.05) is 6.61 Å². The SMILES string of the molecule is C=CCOc1ccc(/C=C2\SC(N)=NC2=O)cc1Br. The monoisotopic (exact) mass is 338 g/mol. The highest BCUT2D eigenvalue weighted by Crippen LogP contribution is 2.30. The number of carbonyl (C=O) groups is 1. The van der Waals surface area contributed by atoms with Crippen LogP contribution in [0.3, 0.4) is 0 Å². The lowest BCUT2D eigenvalue weighted by Gasteiger charge is -2.06. The molecule has 1 aliphatic heterocycles. The van der Waals surface area contributed by atoms with Crippen LogP contribution in [0.5, 0.6) is 5.75 Å². The number of nitrogens with zero attached hydrogens (tertiary/aromatic N) is 1. The molecule has 2 rings (SSSR count). The van der Waals surface area contributed by atoms with E-state index < -0.39 is 0 Å². The second-order valence-corrected chi connectivity index (χ2v) is 5.57. The summed E-state index contributed by atoms with van der Waals surface area (Å²) in [6.45, 7) is 4.03. The third-order valence-electron chi connectivity index (χ3n) is 2.25. The summed E-state index contributed by atoms with van der Waals surface area (Å²) < 4.78 is 6.26. The number of aliphatic imine (C=N–C) groups is 1. The number of amides is 1. The molecule has 1 aromatic carbocycles. The number of ether oxygens (including phenoxy) is 1. The first-order valence-corrected chi connectivity index (χ1v) is 7.02. The molecule has 1 aromatic rings. The first kappa shape index (κ1) is 13.9. The van der Waals surface area contributed by atoms with Gasteiger partial charge in [0.25, 0.3) is 5.91 Å². The fourth-order valence-electron chi connectivity index (χ4n) is 1.45. The van der Waals surface area contributed by atoms with Gasteiger partial charge in [-0.3, -0.25) is 4.79 Å². The van der Waals surface area contributed by atoms with Crippen molar-refractivity contribution in [3.63, 3.8) is 0 Å². The van der Waals surface area contributed by atoms with Crippen LogP contribution in [0, 0.1) is 0 Å². The van der Waals surface area contributed by atoms with Gasteiger partial charge in [0, 0.05) is 0 Å². The van der Waals surface area contributed by atoms with Crippen LogP contribution in [0.1, 0.15) is 5.56 Å². The van der Waals surface area contributed by atoms with Gasteiger partial charge < -0.3 is 10.5 Å². The molecular formula is C13H11BrN2O2S. The lowest BCUT2D eigenvalue weighted by Crippen LogP contribution is -2.01. The molecule has 0 unspecified atom stereocenters. The smallest absolute Gasteiger partial charge is 0.286 e. The lowest BCUT2D eigenvalue weighted by atomic mass is 10.2. The van der Waals surface area contributed by atoms with Crippen LogP contribution in [-0.2, 0) is 4.79 Å². The number of halogens is 1. The minimum absolute atomic E-state index is 0.279. The molecule has 6 heteroatoms. The third-order valence-corrected chi connectivity index (χ3v) is 3.68.